The van der Waals surface area contributed by atoms with Crippen LogP contribution >= 0.6 is 15.9 Å². The van der Waals surface area contributed by atoms with Gasteiger partial charge in [0.1, 0.15) is 0 Å². The van der Waals surface area contributed by atoms with Crippen LogP contribution in [0.4, 0.5) is 0 Å². The van der Waals surface area contributed by atoms with Gasteiger partial charge in [-0.2, -0.15) is 0 Å². The minimum absolute atomic E-state index is 0.540. The molecule has 0 amide bonds. The number of hydrogen-bond acceptors (Lipinski definition) is 2. The number of nitrogens with one attached hydrogen (secondary N) is 1. The first-order valence-electron chi connectivity index (χ1n) is 7.78. The van der Waals surface area contributed by atoms with Crippen LogP contribution in [-0.2, 0) is 11.2 Å². The third-order valence-electron chi connectivity index (χ3n) is 4.09. The second kappa shape index (κ2) is 8.81. The van der Waals surface area contributed by atoms with Gasteiger partial charge in [0, 0.05) is 11.1 Å². The molecule has 1 aromatic carbocycles. The lowest BCUT2D eigenvalue weighted by Crippen LogP contribution is -2.21. The van der Waals surface area contributed by atoms with E-state index in [-0.39, 0.29) is 0 Å². The number of halogens is 1. The van der Waals surface area contributed by atoms with Crippen molar-refractivity contribution in [3.05, 3.63) is 34.3 Å². The normalized spacial score (nSPS) is 20.2. The lowest BCUT2D eigenvalue weighted by Gasteiger charge is -2.18. The van der Waals surface area contributed by atoms with Crippen LogP contribution in [0.1, 0.15) is 37.7 Å². The molecule has 1 heterocycles. The summed E-state index contributed by atoms with van der Waals surface area (Å²) in [5.41, 5.74) is 1.44. The number of rotatable bonds is 8. The maximum absolute atomic E-state index is 5.71. The lowest BCUT2D eigenvalue weighted by atomic mass is 9.93. The number of ether oxygens (including phenoxy) is 1. The molecule has 1 aliphatic heterocycles. The van der Waals surface area contributed by atoms with Crippen molar-refractivity contribution in [2.24, 2.45) is 5.92 Å². The summed E-state index contributed by atoms with van der Waals surface area (Å²) in [5.74, 6) is 0.725. The van der Waals surface area contributed by atoms with E-state index >= 15 is 0 Å². The Morgan fingerprint density at radius 2 is 2.15 bits per heavy atom. The molecule has 0 aromatic heterocycles. The molecule has 2 rings (SSSR count). The van der Waals surface area contributed by atoms with Crippen LogP contribution in [0.3, 0.4) is 0 Å². The van der Waals surface area contributed by atoms with Crippen LogP contribution < -0.4 is 5.32 Å². The van der Waals surface area contributed by atoms with E-state index in [9.17, 15) is 0 Å². The third-order valence-corrected chi connectivity index (χ3v) is 4.62. The molecule has 3 heteroatoms. The van der Waals surface area contributed by atoms with Gasteiger partial charge in [0.2, 0.25) is 0 Å². The summed E-state index contributed by atoms with van der Waals surface area (Å²) < 4.78 is 6.86. The van der Waals surface area contributed by atoms with Crippen LogP contribution in [0.5, 0.6) is 0 Å². The molecule has 1 N–H and O–H groups in total. The van der Waals surface area contributed by atoms with Gasteiger partial charge < -0.3 is 10.1 Å². The molecule has 0 radical (unpaired) electrons. The molecular weight excluding hydrogens is 314 g/mol. The Morgan fingerprint density at radius 3 is 2.80 bits per heavy atom. The van der Waals surface area contributed by atoms with Crippen molar-refractivity contribution >= 4 is 15.9 Å². The van der Waals surface area contributed by atoms with Crippen molar-refractivity contribution in [2.75, 3.05) is 20.2 Å². The zero-order valence-electron chi connectivity index (χ0n) is 12.4. The molecule has 1 saturated heterocycles. The van der Waals surface area contributed by atoms with Gasteiger partial charge in [-0.15, -0.1) is 0 Å². The molecule has 1 fully saturated rings. The minimum atomic E-state index is 0.540. The largest absolute Gasteiger partial charge is 0.378 e. The minimum Gasteiger partial charge on any atom is -0.378 e. The number of hydrogen-bond donors (Lipinski definition) is 1. The fourth-order valence-electron chi connectivity index (χ4n) is 3.02. The molecule has 0 bridgehead atoms. The molecule has 2 nitrogen and oxygen atoms in total. The Hall–Kier alpha value is -0.380. The summed E-state index contributed by atoms with van der Waals surface area (Å²) in [6.07, 6.45) is 8.04. The second-order valence-electron chi connectivity index (χ2n) is 5.82. The molecule has 2 atom stereocenters. The highest BCUT2D eigenvalue weighted by Gasteiger charge is 2.16. The van der Waals surface area contributed by atoms with Crippen molar-refractivity contribution in [2.45, 2.75) is 44.6 Å². The van der Waals surface area contributed by atoms with Crippen LogP contribution in [0, 0.1) is 5.92 Å². The lowest BCUT2D eigenvalue weighted by molar-refractivity contribution is 0.101. The van der Waals surface area contributed by atoms with E-state index in [1.165, 1.54) is 44.1 Å². The van der Waals surface area contributed by atoms with Gasteiger partial charge in [-0.25, -0.2) is 0 Å². The maximum Gasteiger partial charge on any atom is 0.0576 e. The van der Waals surface area contributed by atoms with E-state index in [1.807, 2.05) is 0 Å². The Balaban J connectivity index is 1.75. The average Bonchev–Trinajstić information content (AvgIpc) is 2.95. The highest BCUT2D eigenvalue weighted by Crippen LogP contribution is 2.21. The van der Waals surface area contributed by atoms with Gasteiger partial charge in [0.25, 0.3) is 0 Å². The molecule has 20 heavy (non-hydrogen) atoms. The van der Waals surface area contributed by atoms with Crippen LogP contribution in [0.2, 0.25) is 0 Å². The van der Waals surface area contributed by atoms with Crippen molar-refractivity contribution in [1.29, 1.82) is 0 Å². The van der Waals surface area contributed by atoms with Gasteiger partial charge in [-0.1, -0.05) is 34.5 Å². The zero-order valence-corrected chi connectivity index (χ0v) is 14.0. The van der Waals surface area contributed by atoms with Crippen molar-refractivity contribution in [1.82, 2.24) is 5.32 Å². The molecule has 1 aliphatic rings. The summed E-state index contributed by atoms with van der Waals surface area (Å²) in [6, 6.07) is 8.73. The Labute approximate surface area is 131 Å². The SMILES string of the molecule is CNCC(CCCC1CCCO1)Cc1ccc(Br)cc1. The first-order chi connectivity index (χ1) is 9.78. The zero-order chi connectivity index (χ0) is 14.2. The van der Waals surface area contributed by atoms with E-state index in [0.717, 1.165) is 23.5 Å². The van der Waals surface area contributed by atoms with E-state index in [2.05, 4.69) is 52.6 Å². The van der Waals surface area contributed by atoms with Crippen LogP contribution in [0.15, 0.2) is 28.7 Å². The smallest absolute Gasteiger partial charge is 0.0576 e. The predicted octanol–water partition coefficient (Wildman–Crippen LogP) is 4.18. The predicted molar refractivity (Wildman–Crippen MR) is 88.1 cm³/mol. The Morgan fingerprint density at radius 1 is 1.35 bits per heavy atom. The van der Waals surface area contributed by atoms with Gasteiger partial charge in [0.05, 0.1) is 6.10 Å². The molecule has 1 aromatic rings. The van der Waals surface area contributed by atoms with Gasteiger partial charge >= 0.3 is 0 Å². The quantitative estimate of drug-likeness (QED) is 0.767. The number of benzene rings is 1. The van der Waals surface area contributed by atoms with E-state index < -0.39 is 0 Å². The van der Waals surface area contributed by atoms with Crippen LogP contribution in [0.25, 0.3) is 0 Å². The van der Waals surface area contributed by atoms with Gasteiger partial charge in [-0.05, 0) is 69.3 Å². The van der Waals surface area contributed by atoms with Crippen LogP contribution in [-0.4, -0.2) is 26.3 Å². The summed E-state index contributed by atoms with van der Waals surface area (Å²) in [7, 11) is 2.05. The Bertz CT molecular complexity index is 373. The first kappa shape index (κ1) is 16.0. The molecule has 0 aliphatic carbocycles. The third kappa shape index (κ3) is 5.55. The van der Waals surface area contributed by atoms with Crippen molar-refractivity contribution in [3.63, 3.8) is 0 Å². The van der Waals surface area contributed by atoms with E-state index in [0.29, 0.717) is 6.10 Å². The monoisotopic (exact) mass is 339 g/mol. The average molecular weight is 340 g/mol. The molecule has 2 unspecified atom stereocenters. The summed E-state index contributed by atoms with van der Waals surface area (Å²) in [4.78, 5) is 0. The topological polar surface area (TPSA) is 21.3 Å². The molecule has 0 spiro atoms. The van der Waals surface area contributed by atoms with Crippen molar-refractivity contribution in [3.8, 4) is 0 Å². The fourth-order valence-corrected chi connectivity index (χ4v) is 3.29. The molecular formula is C17H26BrNO. The summed E-state index contributed by atoms with van der Waals surface area (Å²) in [5, 5.41) is 3.34. The summed E-state index contributed by atoms with van der Waals surface area (Å²) >= 11 is 3.50. The highest BCUT2D eigenvalue weighted by molar-refractivity contribution is 9.10. The molecule has 112 valence electrons. The fraction of sp³-hybridized carbons (Fsp3) is 0.647. The molecule has 0 saturated carbocycles. The first-order valence-corrected chi connectivity index (χ1v) is 8.58. The highest BCUT2D eigenvalue weighted by atomic mass is 79.9. The summed E-state index contributed by atoms with van der Waals surface area (Å²) in [6.45, 7) is 2.07. The van der Waals surface area contributed by atoms with Gasteiger partial charge in [-0.3, -0.25) is 0 Å². The second-order valence-corrected chi connectivity index (χ2v) is 6.74. The van der Waals surface area contributed by atoms with E-state index in [4.69, 9.17) is 4.74 Å². The maximum atomic E-state index is 5.71. The standard InChI is InChI=1S/C17H26BrNO/c1-19-13-15(4-2-5-17-6-3-11-20-17)12-14-7-9-16(18)10-8-14/h7-10,15,17,19H,2-6,11-13H2,1H3. The van der Waals surface area contributed by atoms with E-state index in [1.54, 1.807) is 0 Å². The van der Waals surface area contributed by atoms with Gasteiger partial charge in [0.15, 0.2) is 0 Å². The van der Waals surface area contributed by atoms with Crippen molar-refractivity contribution < 1.29 is 4.74 Å². The Kier molecular flexibility index (Phi) is 7.05.